The fourth-order valence-corrected chi connectivity index (χ4v) is 4.52. The molecule has 1 aromatic heterocycles. The van der Waals surface area contributed by atoms with Gasteiger partial charge in [0.2, 0.25) is 0 Å². The number of likely N-dealkylation sites (tertiary alicyclic amines) is 1. The van der Waals surface area contributed by atoms with Crippen molar-refractivity contribution in [1.82, 2.24) is 15.2 Å². The normalized spacial score (nSPS) is 16.7. The molecular weight excluding hydrogens is 370 g/mol. The maximum atomic E-state index is 12.4. The van der Waals surface area contributed by atoms with E-state index < -0.39 is 0 Å². The van der Waals surface area contributed by atoms with Gasteiger partial charge in [-0.25, -0.2) is 0 Å². The fourth-order valence-electron chi connectivity index (χ4n) is 4.52. The van der Waals surface area contributed by atoms with Crippen LogP contribution < -0.4 is 5.32 Å². The molecule has 0 aliphatic carbocycles. The third kappa shape index (κ3) is 3.31. The highest BCUT2D eigenvalue weighted by Crippen LogP contribution is 2.33. The molecule has 1 fully saturated rings. The molecule has 146 valence electrons. The fraction of sp³-hybridized carbons (Fsp3) is 0.348. The molecule has 2 aromatic carbocycles. The second-order valence-corrected chi connectivity index (χ2v) is 7.91. The summed E-state index contributed by atoms with van der Waals surface area (Å²) in [6.07, 6.45) is 4.00. The molecule has 5 heteroatoms. The Hall–Kier alpha value is -2.30. The van der Waals surface area contributed by atoms with Gasteiger partial charge in [-0.1, -0.05) is 24.6 Å². The van der Waals surface area contributed by atoms with Crippen molar-refractivity contribution in [2.45, 2.75) is 39.3 Å². The number of benzene rings is 2. The van der Waals surface area contributed by atoms with Gasteiger partial charge in [0.1, 0.15) is 0 Å². The molecule has 0 spiro atoms. The minimum absolute atomic E-state index is 0. The van der Waals surface area contributed by atoms with Crippen LogP contribution in [0.4, 0.5) is 0 Å². The van der Waals surface area contributed by atoms with Gasteiger partial charge in [0.05, 0.1) is 5.56 Å². The summed E-state index contributed by atoms with van der Waals surface area (Å²) >= 11 is 0. The molecule has 3 aromatic rings. The van der Waals surface area contributed by atoms with Crippen LogP contribution >= 0.6 is 12.4 Å². The first kappa shape index (κ1) is 19.0. The third-order valence-electron chi connectivity index (χ3n) is 6.03. The number of nitrogens with zero attached hydrogens (tertiary/aromatic N) is 1. The highest BCUT2D eigenvalue weighted by Gasteiger charge is 2.25. The number of piperidine rings is 1. The first-order valence-electron chi connectivity index (χ1n) is 9.94. The molecule has 2 aliphatic heterocycles. The maximum Gasteiger partial charge on any atom is 0.252 e. The van der Waals surface area contributed by atoms with E-state index in [0.29, 0.717) is 6.54 Å². The van der Waals surface area contributed by atoms with Crippen LogP contribution in [0, 0.1) is 6.92 Å². The van der Waals surface area contributed by atoms with Gasteiger partial charge in [-0.2, -0.15) is 0 Å². The van der Waals surface area contributed by atoms with Crippen LogP contribution in [-0.4, -0.2) is 28.9 Å². The minimum atomic E-state index is 0. The Bertz CT molecular complexity index is 1030. The largest absolute Gasteiger partial charge is 0.355 e. The zero-order valence-corrected chi connectivity index (χ0v) is 17.0. The Balaban J connectivity index is 0.00000192. The number of carbonyl (C=O) groups is 1. The number of amides is 1. The summed E-state index contributed by atoms with van der Waals surface area (Å²) in [5.74, 6) is 0.0353. The van der Waals surface area contributed by atoms with Gasteiger partial charge in [0.25, 0.3) is 5.91 Å². The van der Waals surface area contributed by atoms with Crippen LogP contribution in [0.25, 0.3) is 22.2 Å². The summed E-state index contributed by atoms with van der Waals surface area (Å²) in [5, 5.41) is 4.18. The molecule has 28 heavy (non-hydrogen) atoms. The van der Waals surface area contributed by atoms with Crippen molar-refractivity contribution in [3.8, 4) is 11.3 Å². The zero-order valence-electron chi connectivity index (χ0n) is 16.2. The van der Waals surface area contributed by atoms with E-state index in [4.69, 9.17) is 0 Å². The van der Waals surface area contributed by atoms with Crippen molar-refractivity contribution in [3.63, 3.8) is 0 Å². The molecule has 5 rings (SSSR count). The van der Waals surface area contributed by atoms with E-state index in [0.717, 1.165) is 34.4 Å². The van der Waals surface area contributed by atoms with Crippen LogP contribution in [0.2, 0.25) is 0 Å². The molecule has 0 radical (unpaired) electrons. The molecule has 4 nitrogen and oxygen atoms in total. The summed E-state index contributed by atoms with van der Waals surface area (Å²) in [6, 6.07) is 13.1. The van der Waals surface area contributed by atoms with Crippen LogP contribution in [-0.2, 0) is 13.1 Å². The van der Waals surface area contributed by atoms with Gasteiger partial charge in [0.15, 0.2) is 0 Å². The standard InChI is InChI=1S/C23H25N3O.ClH/c1-15-5-7-18(22-19(15)13-24-23(22)27)21-12-17-11-16(6-8-20(17)25-21)14-26-9-3-2-4-10-26;/h5-8,11-12,25H,2-4,9-10,13-14H2,1H3,(H,24,27);1H. The lowest BCUT2D eigenvalue weighted by atomic mass is 9.96. The molecule has 1 saturated heterocycles. The molecular formula is C23H26ClN3O. The first-order valence-corrected chi connectivity index (χ1v) is 9.94. The number of H-pyrrole nitrogens is 1. The number of rotatable bonds is 3. The Morgan fingerprint density at radius 3 is 2.68 bits per heavy atom. The molecule has 1 amide bonds. The average Bonchev–Trinajstić information content (AvgIpc) is 3.27. The average molecular weight is 396 g/mol. The van der Waals surface area contributed by atoms with Gasteiger partial charge < -0.3 is 10.3 Å². The van der Waals surface area contributed by atoms with Crippen molar-refractivity contribution >= 4 is 29.2 Å². The summed E-state index contributed by atoms with van der Waals surface area (Å²) < 4.78 is 0. The summed E-state index contributed by atoms with van der Waals surface area (Å²) in [5.41, 5.74) is 7.64. The van der Waals surface area contributed by atoms with E-state index in [1.54, 1.807) is 0 Å². The molecule has 2 N–H and O–H groups in total. The van der Waals surface area contributed by atoms with Crippen LogP contribution in [0.5, 0.6) is 0 Å². The Morgan fingerprint density at radius 2 is 1.86 bits per heavy atom. The zero-order chi connectivity index (χ0) is 18.4. The highest BCUT2D eigenvalue weighted by atomic mass is 35.5. The molecule has 0 unspecified atom stereocenters. The maximum absolute atomic E-state index is 12.4. The Labute approximate surface area is 171 Å². The lowest BCUT2D eigenvalue weighted by Gasteiger charge is -2.26. The first-order chi connectivity index (χ1) is 13.2. The van der Waals surface area contributed by atoms with E-state index in [9.17, 15) is 4.79 Å². The number of carbonyl (C=O) groups excluding carboxylic acids is 1. The molecule has 2 aliphatic rings. The number of aryl methyl sites for hydroxylation is 1. The van der Waals surface area contributed by atoms with Crippen LogP contribution in [0.1, 0.15) is 46.3 Å². The smallest absolute Gasteiger partial charge is 0.252 e. The predicted molar refractivity (Wildman–Crippen MR) is 116 cm³/mol. The predicted octanol–water partition coefficient (Wildman–Crippen LogP) is 4.79. The van der Waals surface area contributed by atoms with E-state index in [-0.39, 0.29) is 18.3 Å². The van der Waals surface area contributed by atoms with E-state index >= 15 is 0 Å². The van der Waals surface area contributed by atoms with Crippen molar-refractivity contribution < 1.29 is 4.79 Å². The van der Waals surface area contributed by atoms with Gasteiger partial charge in [-0.15, -0.1) is 12.4 Å². The molecule has 0 saturated carbocycles. The number of aromatic nitrogens is 1. The molecule has 3 heterocycles. The van der Waals surface area contributed by atoms with Gasteiger partial charge >= 0.3 is 0 Å². The molecule has 0 atom stereocenters. The minimum Gasteiger partial charge on any atom is -0.355 e. The summed E-state index contributed by atoms with van der Waals surface area (Å²) in [6.45, 7) is 6.15. The number of hydrogen-bond donors (Lipinski definition) is 2. The lowest BCUT2D eigenvalue weighted by molar-refractivity contribution is 0.0966. The SMILES string of the molecule is Cc1ccc(-c2cc3cc(CN4CCCCC4)ccc3[nH]2)c2c1CNC2=O.Cl. The lowest BCUT2D eigenvalue weighted by Crippen LogP contribution is -2.28. The Kier molecular flexibility index (Phi) is 5.17. The number of halogens is 1. The number of fused-ring (bicyclic) bond motifs is 2. The van der Waals surface area contributed by atoms with Gasteiger partial charge in [0, 0.05) is 35.2 Å². The monoisotopic (exact) mass is 395 g/mol. The van der Waals surface area contributed by atoms with Gasteiger partial charge in [-0.05, 0) is 67.7 Å². The van der Waals surface area contributed by atoms with Crippen LogP contribution in [0.15, 0.2) is 36.4 Å². The van der Waals surface area contributed by atoms with Crippen molar-refractivity contribution in [2.75, 3.05) is 13.1 Å². The second kappa shape index (κ2) is 7.61. The van der Waals surface area contributed by atoms with Crippen molar-refractivity contribution in [3.05, 3.63) is 58.7 Å². The number of hydrogen-bond acceptors (Lipinski definition) is 2. The molecule has 0 bridgehead atoms. The highest BCUT2D eigenvalue weighted by molar-refractivity contribution is 6.05. The van der Waals surface area contributed by atoms with E-state index in [1.165, 1.54) is 48.9 Å². The van der Waals surface area contributed by atoms with Gasteiger partial charge in [-0.3, -0.25) is 9.69 Å². The van der Waals surface area contributed by atoms with E-state index in [1.807, 2.05) is 0 Å². The topological polar surface area (TPSA) is 48.1 Å². The quantitative estimate of drug-likeness (QED) is 0.669. The van der Waals surface area contributed by atoms with E-state index in [2.05, 4.69) is 58.5 Å². The van der Waals surface area contributed by atoms with Crippen LogP contribution in [0.3, 0.4) is 0 Å². The summed E-state index contributed by atoms with van der Waals surface area (Å²) in [4.78, 5) is 18.4. The summed E-state index contributed by atoms with van der Waals surface area (Å²) in [7, 11) is 0. The Morgan fingerprint density at radius 1 is 1.04 bits per heavy atom. The third-order valence-corrected chi connectivity index (χ3v) is 6.03. The number of aromatic amines is 1. The second-order valence-electron chi connectivity index (χ2n) is 7.91. The number of nitrogens with one attached hydrogen (secondary N) is 2. The van der Waals surface area contributed by atoms with Crippen molar-refractivity contribution in [1.29, 1.82) is 0 Å². The van der Waals surface area contributed by atoms with Crippen molar-refractivity contribution in [2.24, 2.45) is 0 Å².